The van der Waals surface area contributed by atoms with Gasteiger partial charge in [0.05, 0.1) is 14.2 Å². The topological polar surface area (TPSA) is 71.0 Å². The Labute approximate surface area is 149 Å². The van der Waals surface area contributed by atoms with Crippen LogP contribution < -0.4 is 14.8 Å². The fourth-order valence-corrected chi connectivity index (χ4v) is 3.48. The molecule has 138 valence electrons. The highest BCUT2D eigenvalue weighted by Crippen LogP contribution is 2.31. The van der Waals surface area contributed by atoms with Gasteiger partial charge in [0.2, 0.25) is 5.91 Å². The number of nitrogens with zero attached hydrogens (tertiary/aromatic N) is 1. The van der Waals surface area contributed by atoms with E-state index >= 15 is 0 Å². The van der Waals surface area contributed by atoms with Crippen LogP contribution in [0, 0.1) is 11.8 Å². The Morgan fingerprint density at radius 2 is 2.00 bits per heavy atom. The van der Waals surface area contributed by atoms with Gasteiger partial charge in [0.15, 0.2) is 11.5 Å². The van der Waals surface area contributed by atoms with Crippen molar-refractivity contribution in [2.24, 2.45) is 11.8 Å². The average molecular weight is 348 g/mol. The Kier molecular flexibility index (Phi) is 5.81. The Morgan fingerprint density at radius 1 is 1.24 bits per heavy atom. The fourth-order valence-electron chi connectivity index (χ4n) is 3.48. The van der Waals surface area contributed by atoms with E-state index in [0.29, 0.717) is 0 Å². The van der Waals surface area contributed by atoms with Gasteiger partial charge in [0.1, 0.15) is 0 Å². The zero-order chi connectivity index (χ0) is 17.8. The van der Waals surface area contributed by atoms with Crippen LogP contribution in [-0.2, 0) is 11.3 Å². The standard InChI is InChI=1S/C19H28N2O4/c1-24-17-6-3-13(9-18(17)25-2)10-21-8-7-15(12-22)16(11-21)20-19(23)14-4-5-14/h3,6,9,14-16,22H,4-5,7-8,10-12H2,1-2H3,(H,20,23)/t15-,16-/m1/s1. The molecule has 1 heterocycles. The second-order valence-corrected chi connectivity index (χ2v) is 7.05. The van der Waals surface area contributed by atoms with Gasteiger partial charge >= 0.3 is 0 Å². The van der Waals surface area contributed by atoms with E-state index in [2.05, 4.69) is 10.2 Å². The van der Waals surface area contributed by atoms with E-state index in [-0.39, 0.29) is 30.4 Å². The number of carbonyl (C=O) groups is 1. The Bertz CT molecular complexity index is 603. The van der Waals surface area contributed by atoms with Crippen LogP contribution in [-0.4, -0.2) is 55.9 Å². The van der Waals surface area contributed by atoms with Gasteiger partial charge in [0, 0.05) is 37.6 Å². The largest absolute Gasteiger partial charge is 0.493 e. The first-order valence-electron chi connectivity index (χ1n) is 8.99. The number of rotatable bonds is 7. The molecule has 0 bridgehead atoms. The summed E-state index contributed by atoms with van der Waals surface area (Å²) in [6, 6.07) is 5.97. The summed E-state index contributed by atoms with van der Waals surface area (Å²) in [5.41, 5.74) is 1.15. The number of benzene rings is 1. The minimum atomic E-state index is 0.0204. The maximum absolute atomic E-state index is 12.1. The van der Waals surface area contributed by atoms with Crippen LogP contribution in [0.15, 0.2) is 18.2 Å². The summed E-state index contributed by atoms with van der Waals surface area (Å²) in [6.45, 7) is 2.58. The zero-order valence-corrected chi connectivity index (χ0v) is 15.0. The van der Waals surface area contributed by atoms with E-state index < -0.39 is 0 Å². The average Bonchev–Trinajstić information content (AvgIpc) is 3.47. The van der Waals surface area contributed by atoms with Crippen LogP contribution >= 0.6 is 0 Å². The molecule has 2 aliphatic rings. The van der Waals surface area contributed by atoms with Crippen molar-refractivity contribution in [2.75, 3.05) is 33.9 Å². The van der Waals surface area contributed by atoms with Gasteiger partial charge in [-0.3, -0.25) is 9.69 Å². The SMILES string of the molecule is COc1ccc(CN2CC[C@H](CO)[C@H](NC(=O)C3CC3)C2)cc1OC. The number of nitrogens with one attached hydrogen (secondary N) is 1. The van der Waals surface area contributed by atoms with Crippen molar-refractivity contribution in [1.82, 2.24) is 10.2 Å². The van der Waals surface area contributed by atoms with Crippen molar-refractivity contribution in [3.8, 4) is 11.5 Å². The number of amides is 1. The lowest BCUT2D eigenvalue weighted by Crippen LogP contribution is -2.53. The van der Waals surface area contributed by atoms with Crippen LogP contribution in [0.5, 0.6) is 11.5 Å². The number of hydrogen-bond acceptors (Lipinski definition) is 5. The molecule has 0 spiro atoms. The van der Waals surface area contributed by atoms with Gasteiger partial charge < -0.3 is 19.9 Å². The van der Waals surface area contributed by atoms with Crippen LogP contribution in [0.4, 0.5) is 0 Å². The van der Waals surface area contributed by atoms with E-state index in [1.165, 1.54) is 0 Å². The number of aliphatic hydroxyl groups is 1. The molecule has 3 rings (SSSR count). The fraction of sp³-hybridized carbons (Fsp3) is 0.632. The van der Waals surface area contributed by atoms with E-state index in [4.69, 9.17) is 9.47 Å². The molecule has 1 aliphatic carbocycles. The van der Waals surface area contributed by atoms with E-state index in [0.717, 1.165) is 56.0 Å². The molecule has 2 fully saturated rings. The monoisotopic (exact) mass is 348 g/mol. The first-order chi connectivity index (χ1) is 12.1. The summed E-state index contributed by atoms with van der Waals surface area (Å²) in [6.07, 6.45) is 2.88. The molecule has 0 aromatic heterocycles. The predicted octanol–water partition coefficient (Wildman–Crippen LogP) is 1.41. The lowest BCUT2D eigenvalue weighted by atomic mass is 9.91. The molecule has 0 unspecified atom stereocenters. The molecule has 1 aromatic rings. The van der Waals surface area contributed by atoms with Gasteiger partial charge in [-0.15, -0.1) is 0 Å². The Morgan fingerprint density at radius 3 is 2.64 bits per heavy atom. The molecule has 6 nitrogen and oxygen atoms in total. The molecule has 2 atom stereocenters. The number of aliphatic hydroxyl groups excluding tert-OH is 1. The van der Waals surface area contributed by atoms with Gasteiger partial charge in [-0.25, -0.2) is 0 Å². The van der Waals surface area contributed by atoms with Crippen LogP contribution in [0.25, 0.3) is 0 Å². The predicted molar refractivity (Wildman–Crippen MR) is 94.7 cm³/mol. The molecule has 1 amide bonds. The number of carbonyl (C=O) groups excluding carboxylic acids is 1. The highest BCUT2D eigenvalue weighted by atomic mass is 16.5. The molecule has 1 aromatic carbocycles. The first-order valence-corrected chi connectivity index (χ1v) is 8.99. The third-order valence-electron chi connectivity index (χ3n) is 5.20. The molecule has 1 saturated carbocycles. The first kappa shape index (κ1) is 18.0. The smallest absolute Gasteiger partial charge is 0.223 e. The van der Waals surface area contributed by atoms with E-state index in [1.54, 1.807) is 14.2 Å². The lowest BCUT2D eigenvalue weighted by Gasteiger charge is -2.38. The van der Waals surface area contributed by atoms with Crippen molar-refractivity contribution in [3.63, 3.8) is 0 Å². The second-order valence-electron chi connectivity index (χ2n) is 7.05. The molecule has 0 radical (unpaired) electrons. The Balaban J connectivity index is 1.63. The quantitative estimate of drug-likeness (QED) is 0.780. The minimum absolute atomic E-state index is 0.0204. The summed E-state index contributed by atoms with van der Waals surface area (Å²) in [5.74, 6) is 1.94. The summed E-state index contributed by atoms with van der Waals surface area (Å²) in [4.78, 5) is 14.4. The molecule has 2 N–H and O–H groups in total. The third-order valence-corrected chi connectivity index (χ3v) is 5.20. The van der Waals surface area contributed by atoms with Gasteiger partial charge in [-0.2, -0.15) is 0 Å². The van der Waals surface area contributed by atoms with Gasteiger partial charge in [-0.1, -0.05) is 6.07 Å². The van der Waals surface area contributed by atoms with E-state index in [1.807, 2.05) is 18.2 Å². The van der Waals surface area contributed by atoms with Crippen molar-refractivity contribution in [1.29, 1.82) is 0 Å². The molecule has 1 aliphatic heterocycles. The number of likely N-dealkylation sites (tertiary alicyclic amines) is 1. The summed E-state index contributed by atoms with van der Waals surface area (Å²) < 4.78 is 10.7. The minimum Gasteiger partial charge on any atom is -0.493 e. The maximum atomic E-state index is 12.1. The number of ether oxygens (including phenoxy) is 2. The normalized spacial score (nSPS) is 24.0. The highest BCUT2D eigenvalue weighted by Gasteiger charge is 2.35. The lowest BCUT2D eigenvalue weighted by molar-refractivity contribution is -0.124. The van der Waals surface area contributed by atoms with E-state index in [9.17, 15) is 9.90 Å². The molecule has 1 saturated heterocycles. The van der Waals surface area contributed by atoms with Crippen molar-refractivity contribution < 1.29 is 19.4 Å². The van der Waals surface area contributed by atoms with Crippen molar-refractivity contribution in [2.45, 2.75) is 31.8 Å². The maximum Gasteiger partial charge on any atom is 0.223 e. The number of hydrogen-bond donors (Lipinski definition) is 2. The molecular weight excluding hydrogens is 320 g/mol. The van der Waals surface area contributed by atoms with Crippen LogP contribution in [0.3, 0.4) is 0 Å². The third kappa shape index (κ3) is 4.44. The van der Waals surface area contributed by atoms with Crippen molar-refractivity contribution in [3.05, 3.63) is 23.8 Å². The summed E-state index contributed by atoms with van der Waals surface area (Å²) >= 11 is 0. The van der Waals surface area contributed by atoms with Gasteiger partial charge in [0.25, 0.3) is 0 Å². The van der Waals surface area contributed by atoms with Crippen LogP contribution in [0.2, 0.25) is 0 Å². The molecule has 25 heavy (non-hydrogen) atoms. The van der Waals surface area contributed by atoms with Crippen LogP contribution in [0.1, 0.15) is 24.8 Å². The number of methoxy groups -OCH3 is 2. The van der Waals surface area contributed by atoms with Crippen molar-refractivity contribution >= 4 is 5.91 Å². The zero-order valence-electron chi connectivity index (χ0n) is 15.0. The molecule has 6 heteroatoms. The summed E-state index contributed by atoms with van der Waals surface area (Å²) in [7, 11) is 3.27. The highest BCUT2D eigenvalue weighted by molar-refractivity contribution is 5.81. The number of piperidine rings is 1. The summed E-state index contributed by atoms with van der Waals surface area (Å²) in [5, 5.41) is 12.8. The molecular formula is C19H28N2O4. The second kappa shape index (κ2) is 8.06. The Hall–Kier alpha value is -1.79. The van der Waals surface area contributed by atoms with Gasteiger partial charge in [-0.05, 0) is 43.5 Å².